The number of benzene rings is 4. The topological polar surface area (TPSA) is 0 Å². The van der Waals surface area contributed by atoms with Gasteiger partial charge in [-0.15, -0.1) is 0 Å². The zero-order chi connectivity index (χ0) is 22.7. The maximum atomic E-state index is 15.1. The lowest BCUT2D eigenvalue weighted by atomic mass is 9.97. The van der Waals surface area contributed by atoms with Gasteiger partial charge in [0, 0.05) is 5.39 Å². The van der Waals surface area contributed by atoms with Crippen molar-refractivity contribution in [1.29, 1.82) is 0 Å². The first-order valence-corrected chi connectivity index (χ1v) is 11.2. The van der Waals surface area contributed by atoms with Gasteiger partial charge in [0.15, 0.2) is 0 Å². The number of rotatable bonds is 7. The molecule has 0 fully saturated rings. The molecule has 0 unspecified atom stereocenters. The lowest BCUT2D eigenvalue weighted by Crippen LogP contribution is -1.98. The van der Waals surface area contributed by atoms with Gasteiger partial charge in [0.2, 0.25) is 0 Å². The molecule has 0 atom stereocenters. The van der Waals surface area contributed by atoms with Crippen molar-refractivity contribution < 1.29 is 13.2 Å². The average molecular weight is 453 g/mol. The van der Waals surface area contributed by atoms with Gasteiger partial charge >= 0.3 is 0 Å². The third-order valence-electron chi connectivity index (χ3n) is 5.96. The predicted octanol–water partition coefficient (Wildman–Crippen LogP) is 8.04. The van der Waals surface area contributed by atoms with E-state index in [0.29, 0.717) is 29.4 Å². The van der Waals surface area contributed by atoms with Gasteiger partial charge in [-0.25, -0.2) is 13.2 Å². The van der Waals surface area contributed by atoms with E-state index in [1.54, 1.807) is 6.07 Å². The fourth-order valence-corrected chi connectivity index (χ4v) is 4.11. The van der Waals surface area contributed by atoms with Crippen molar-refractivity contribution in [3.05, 3.63) is 117 Å². The summed E-state index contributed by atoms with van der Waals surface area (Å²) in [5.41, 5.74) is 4.76. The van der Waals surface area contributed by atoms with Gasteiger partial charge in [0.1, 0.15) is 22.5 Å². The molecule has 32 heavy (non-hydrogen) atoms. The fraction of sp³-hybridized carbons (Fsp3) is 0.214. The van der Waals surface area contributed by atoms with Crippen LogP contribution in [-0.2, 0) is 32.1 Å². The Morgan fingerprint density at radius 1 is 0.625 bits per heavy atom. The molecule has 0 aliphatic carbocycles. The predicted molar refractivity (Wildman–Crippen MR) is 126 cm³/mol. The summed E-state index contributed by atoms with van der Waals surface area (Å²) in [6, 6.07) is 20.6. The zero-order valence-electron chi connectivity index (χ0n) is 17.9. The van der Waals surface area contributed by atoms with Crippen LogP contribution >= 0.6 is 11.6 Å². The molecule has 4 aromatic carbocycles. The Kier molecular flexibility index (Phi) is 6.86. The van der Waals surface area contributed by atoms with Crippen molar-refractivity contribution >= 4 is 22.4 Å². The first-order chi connectivity index (χ1) is 15.4. The summed E-state index contributed by atoms with van der Waals surface area (Å²) in [5.74, 6) is -1.87. The molecule has 0 radical (unpaired) electrons. The molecule has 0 aromatic heterocycles. The van der Waals surface area contributed by atoms with Gasteiger partial charge in [-0.05, 0) is 77.4 Å². The Morgan fingerprint density at radius 3 is 1.91 bits per heavy atom. The number of aryl methyl sites for hydroxylation is 5. The molecule has 0 spiro atoms. The molecule has 4 rings (SSSR count). The summed E-state index contributed by atoms with van der Waals surface area (Å²) >= 11 is 5.53. The Bertz CT molecular complexity index is 1220. The molecule has 0 amide bonds. The van der Waals surface area contributed by atoms with E-state index in [2.05, 4.69) is 31.2 Å². The molecule has 0 N–H and O–H groups in total. The van der Waals surface area contributed by atoms with Crippen LogP contribution in [0.2, 0.25) is 5.02 Å². The summed E-state index contributed by atoms with van der Waals surface area (Å²) in [6.45, 7) is 2.14. The summed E-state index contributed by atoms with van der Waals surface area (Å²) in [7, 11) is 0. The maximum absolute atomic E-state index is 15.1. The van der Waals surface area contributed by atoms with E-state index in [1.165, 1.54) is 23.3 Å². The number of hydrogen-bond acceptors (Lipinski definition) is 0. The molecule has 0 nitrogen and oxygen atoms in total. The fourth-order valence-electron chi connectivity index (χ4n) is 4.00. The minimum atomic E-state index is -0.797. The summed E-state index contributed by atoms with van der Waals surface area (Å²) in [5, 5.41) is 0.903. The highest BCUT2D eigenvalue weighted by Gasteiger charge is 2.12. The molecule has 4 aromatic rings. The lowest BCUT2D eigenvalue weighted by molar-refractivity contribution is 0.579. The van der Waals surface area contributed by atoms with E-state index < -0.39 is 16.7 Å². The van der Waals surface area contributed by atoms with Crippen molar-refractivity contribution in [3.8, 4) is 0 Å². The normalized spacial score (nSPS) is 11.3. The Morgan fingerprint density at radius 2 is 1.22 bits per heavy atom. The molecule has 164 valence electrons. The van der Waals surface area contributed by atoms with Gasteiger partial charge in [-0.2, -0.15) is 0 Å². The molecule has 0 saturated heterocycles. The largest absolute Gasteiger partial charge is 0.206 e. The van der Waals surface area contributed by atoms with Crippen LogP contribution in [0.15, 0.2) is 66.7 Å². The highest BCUT2D eigenvalue weighted by Crippen LogP contribution is 2.26. The lowest BCUT2D eigenvalue weighted by Gasteiger charge is -2.10. The van der Waals surface area contributed by atoms with Gasteiger partial charge < -0.3 is 0 Å². The number of fused-ring (bicyclic) bond motifs is 1. The minimum absolute atomic E-state index is 0.279. The van der Waals surface area contributed by atoms with Gasteiger partial charge in [-0.3, -0.25) is 0 Å². The third-order valence-corrected chi connectivity index (χ3v) is 6.32. The molecular formula is C28H24ClF3. The van der Waals surface area contributed by atoms with Crippen LogP contribution in [0, 0.1) is 17.5 Å². The minimum Gasteiger partial charge on any atom is -0.206 e. The quantitative estimate of drug-likeness (QED) is 0.249. The first-order valence-electron chi connectivity index (χ1n) is 10.9. The molecular weight excluding hydrogens is 429 g/mol. The van der Waals surface area contributed by atoms with Gasteiger partial charge in [0.05, 0.1) is 0 Å². The Hall–Kier alpha value is -2.78. The second-order valence-electron chi connectivity index (χ2n) is 8.14. The maximum Gasteiger partial charge on any atom is 0.145 e. The SMILES string of the molecule is CCc1ccc(CCc2ccc3c(F)c(CCc4cc(F)c(Cl)c(F)c4)ccc3c2)cc1. The number of halogens is 4. The highest BCUT2D eigenvalue weighted by molar-refractivity contribution is 6.30. The third kappa shape index (κ3) is 4.99. The molecule has 0 saturated carbocycles. The van der Waals surface area contributed by atoms with E-state index in [1.807, 2.05) is 24.3 Å². The Balaban J connectivity index is 1.46. The molecule has 4 heteroatoms. The van der Waals surface area contributed by atoms with Crippen LogP contribution in [0.5, 0.6) is 0 Å². The van der Waals surface area contributed by atoms with Crippen LogP contribution in [0.1, 0.15) is 34.7 Å². The van der Waals surface area contributed by atoms with E-state index in [-0.39, 0.29) is 5.82 Å². The summed E-state index contributed by atoms with van der Waals surface area (Å²) < 4.78 is 42.4. The van der Waals surface area contributed by atoms with Crippen LogP contribution < -0.4 is 0 Å². The second kappa shape index (κ2) is 9.79. The van der Waals surface area contributed by atoms with E-state index in [9.17, 15) is 8.78 Å². The van der Waals surface area contributed by atoms with E-state index in [4.69, 9.17) is 11.6 Å². The molecule has 0 aliphatic rings. The molecule has 0 heterocycles. The van der Waals surface area contributed by atoms with Crippen LogP contribution in [0.4, 0.5) is 13.2 Å². The highest BCUT2D eigenvalue weighted by atomic mass is 35.5. The van der Waals surface area contributed by atoms with Crippen molar-refractivity contribution in [1.82, 2.24) is 0 Å². The van der Waals surface area contributed by atoms with Crippen LogP contribution in [0.3, 0.4) is 0 Å². The summed E-state index contributed by atoms with van der Waals surface area (Å²) in [6.07, 6.45) is 3.52. The first kappa shape index (κ1) is 22.4. The standard InChI is InChI=1S/C28H24ClF3/c1-2-18-3-5-19(6-4-18)7-8-20-10-14-24-23(15-20)13-12-22(28(24)32)11-9-21-16-25(30)27(29)26(31)17-21/h3-6,10,12-17H,2,7-9,11H2,1H3. The molecule has 0 aliphatic heterocycles. The second-order valence-corrected chi connectivity index (χ2v) is 8.52. The van der Waals surface area contributed by atoms with Crippen molar-refractivity contribution in [2.45, 2.75) is 39.0 Å². The van der Waals surface area contributed by atoms with Gasteiger partial charge in [0.25, 0.3) is 0 Å². The van der Waals surface area contributed by atoms with Crippen LogP contribution in [0.25, 0.3) is 10.8 Å². The van der Waals surface area contributed by atoms with Crippen molar-refractivity contribution in [2.24, 2.45) is 0 Å². The van der Waals surface area contributed by atoms with E-state index in [0.717, 1.165) is 30.2 Å². The number of hydrogen-bond donors (Lipinski definition) is 0. The average Bonchev–Trinajstić information content (AvgIpc) is 2.81. The van der Waals surface area contributed by atoms with Gasteiger partial charge in [-0.1, -0.05) is 73.1 Å². The van der Waals surface area contributed by atoms with Crippen LogP contribution in [-0.4, -0.2) is 0 Å². The Labute approximate surface area is 191 Å². The zero-order valence-corrected chi connectivity index (χ0v) is 18.7. The smallest absolute Gasteiger partial charge is 0.145 e. The van der Waals surface area contributed by atoms with Crippen molar-refractivity contribution in [2.75, 3.05) is 0 Å². The summed E-state index contributed by atoms with van der Waals surface area (Å²) in [4.78, 5) is 0. The molecule has 0 bridgehead atoms. The van der Waals surface area contributed by atoms with E-state index >= 15 is 4.39 Å². The van der Waals surface area contributed by atoms with Crippen molar-refractivity contribution in [3.63, 3.8) is 0 Å². The monoisotopic (exact) mass is 452 g/mol.